The molecule has 1 aliphatic carbocycles. The first kappa shape index (κ1) is 12.2. The summed E-state index contributed by atoms with van der Waals surface area (Å²) in [4.78, 5) is 16.9. The first-order valence-electron chi connectivity index (χ1n) is 6.20. The number of benzene rings is 1. The number of halogens is 1. The molecule has 1 aromatic carbocycles. The minimum absolute atomic E-state index is 0.0702. The highest BCUT2D eigenvalue weighted by Gasteiger charge is 2.30. The van der Waals surface area contributed by atoms with Crippen molar-refractivity contribution in [2.45, 2.75) is 18.8 Å². The molecule has 1 unspecified atom stereocenters. The molecule has 0 saturated carbocycles. The zero-order valence-corrected chi connectivity index (χ0v) is 11.0. The van der Waals surface area contributed by atoms with Gasteiger partial charge in [0.25, 0.3) is 0 Å². The molecule has 2 N–H and O–H groups in total. The fourth-order valence-corrected chi connectivity index (χ4v) is 2.68. The lowest BCUT2D eigenvalue weighted by molar-refractivity contribution is 0.0958. The molecule has 0 spiro atoms. The van der Waals surface area contributed by atoms with Crippen LogP contribution in [0, 0.1) is 0 Å². The molecule has 0 aliphatic heterocycles. The Hall–Kier alpha value is -1.87. The highest BCUT2D eigenvalue weighted by molar-refractivity contribution is 6.33. The van der Waals surface area contributed by atoms with Crippen molar-refractivity contribution in [3.8, 4) is 0 Å². The Morgan fingerprint density at radius 2 is 2.21 bits per heavy atom. The highest BCUT2D eigenvalue weighted by atomic mass is 35.5. The summed E-state index contributed by atoms with van der Waals surface area (Å²) in [5, 5.41) is 0.474. The van der Waals surface area contributed by atoms with Gasteiger partial charge in [-0.3, -0.25) is 9.78 Å². The monoisotopic (exact) mass is 272 g/mol. The molecule has 3 rings (SSSR count). The number of carbonyl (C=O) groups is 1. The number of anilines is 1. The summed E-state index contributed by atoms with van der Waals surface area (Å²) in [5.41, 5.74) is 8.86. The van der Waals surface area contributed by atoms with Gasteiger partial charge in [0.15, 0.2) is 5.78 Å². The van der Waals surface area contributed by atoms with Crippen LogP contribution in [0.2, 0.25) is 5.02 Å². The molecule has 3 nitrogen and oxygen atoms in total. The van der Waals surface area contributed by atoms with E-state index in [-0.39, 0.29) is 11.7 Å². The normalized spacial score (nSPS) is 17.2. The van der Waals surface area contributed by atoms with Crippen LogP contribution in [0.1, 0.15) is 34.0 Å². The van der Waals surface area contributed by atoms with Crippen LogP contribution in [0.25, 0.3) is 0 Å². The van der Waals surface area contributed by atoms with E-state index in [0.717, 1.165) is 18.5 Å². The Labute approximate surface area is 116 Å². The van der Waals surface area contributed by atoms with Gasteiger partial charge in [-0.1, -0.05) is 17.7 Å². The minimum Gasteiger partial charge on any atom is -0.398 e. The summed E-state index contributed by atoms with van der Waals surface area (Å²) in [6, 6.07) is 8.98. The quantitative estimate of drug-likeness (QED) is 0.674. The molecule has 0 saturated heterocycles. The number of nitrogens with zero attached hydrogens (tertiary/aromatic N) is 1. The molecule has 0 bridgehead atoms. The van der Waals surface area contributed by atoms with Gasteiger partial charge < -0.3 is 5.73 Å². The molecule has 0 fully saturated rings. The van der Waals surface area contributed by atoms with Crippen LogP contribution >= 0.6 is 11.6 Å². The Balaban J connectivity index is 1.95. The van der Waals surface area contributed by atoms with Gasteiger partial charge in [-0.2, -0.15) is 0 Å². The number of ketones is 1. The number of nitrogen functional groups attached to an aromatic ring is 1. The van der Waals surface area contributed by atoms with E-state index in [1.165, 1.54) is 5.56 Å². The Morgan fingerprint density at radius 3 is 3.00 bits per heavy atom. The molecule has 2 aromatic rings. The van der Waals surface area contributed by atoms with E-state index in [0.29, 0.717) is 16.3 Å². The molecule has 19 heavy (non-hydrogen) atoms. The standard InChI is InChI=1S/C15H13ClN2O/c16-12-6-4-10(8-13(12)17)15(19)11-5-3-9-2-1-7-18-14(9)11/h1-2,4,6-8,11H,3,5,17H2. The Bertz CT molecular complexity index is 654. The lowest BCUT2D eigenvalue weighted by Gasteiger charge is -2.10. The maximum atomic E-state index is 12.5. The predicted octanol–water partition coefficient (Wildman–Crippen LogP) is 3.23. The van der Waals surface area contributed by atoms with E-state index < -0.39 is 0 Å². The van der Waals surface area contributed by atoms with E-state index in [1.807, 2.05) is 12.1 Å². The summed E-state index contributed by atoms with van der Waals surface area (Å²) in [5.74, 6) is -0.0856. The number of pyridine rings is 1. The third kappa shape index (κ3) is 2.10. The van der Waals surface area contributed by atoms with Gasteiger partial charge in [0.2, 0.25) is 0 Å². The fraction of sp³-hybridized carbons (Fsp3) is 0.200. The SMILES string of the molecule is Nc1cc(C(=O)C2CCc3cccnc32)ccc1Cl. The molecule has 96 valence electrons. The topological polar surface area (TPSA) is 56.0 Å². The fourth-order valence-electron chi connectivity index (χ4n) is 2.57. The molecule has 1 heterocycles. The van der Waals surface area contributed by atoms with Gasteiger partial charge >= 0.3 is 0 Å². The number of aryl methyl sites for hydroxylation is 1. The van der Waals surface area contributed by atoms with Gasteiger partial charge in [0.1, 0.15) is 0 Å². The number of aromatic nitrogens is 1. The summed E-state index contributed by atoms with van der Waals surface area (Å²) < 4.78 is 0. The molecule has 1 aromatic heterocycles. The number of fused-ring (bicyclic) bond motifs is 1. The lowest BCUT2D eigenvalue weighted by Crippen LogP contribution is -2.11. The molecule has 1 aliphatic rings. The maximum Gasteiger partial charge on any atom is 0.171 e. The Morgan fingerprint density at radius 1 is 1.37 bits per heavy atom. The molecule has 0 amide bonds. The highest BCUT2D eigenvalue weighted by Crippen LogP contribution is 2.34. The largest absolute Gasteiger partial charge is 0.398 e. The zero-order valence-electron chi connectivity index (χ0n) is 10.3. The number of rotatable bonds is 2. The minimum atomic E-state index is -0.156. The molecule has 1 atom stereocenters. The van der Waals surface area contributed by atoms with E-state index in [1.54, 1.807) is 24.4 Å². The first-order chi connectivity index (χ1) is 9.16. The van der Waals surface area contributed by atoms with Crippen molar-refractivity contribution in [3.05, 3.63) is 58.4 Å². The summed E-state index contributed by atoms with van der Waals surface area (Å²) >= 11 is 5.88. The Kier molecular flexibility index (Phi) is 2.99. The van der Waals surface area contributed by atoms with E-state index in [4.69, 9.17) is 17.3 Å². The third-order valence-electron chi connectivity index (χ3n) is 3.56. The maximum absolute atomic E-state index is 12.5. The van der Waals surface area contributed by atoms with Crippen LogP contribution in [0.3, 0.4) is 0 Å². The average Bonchev–Trinajstić information content (AvgIpc) is 2.85. The summed E-state index contributed by atoms with van der Waals surface area (Å²) in [6.07, 6.45) is 3.46. The molecule has 4 heteroatoms. The van der Waals surface area contributed by atoms with Crippen molar-refractivity contribution in [3.63, 3.8) is 0 Å². The van der Waals surface area contributed by atoms with Crippen molar-refractivity contribution in [1.29, 1.82) is 0 Å². The van der Waals surface area contributed by atoms with E-state index in [9.17, 15) is 4.79 Å². The second-order valence-corrected chi connectivity index (χ2v) is 5.15. The first-order valence-corrected chi connectivity index (χ1v) is 6.57. The van der Waals surface area contributed by atoms with Crippen molar-refractivity contribution < 1.29 is 4.79 Å². The van der Waals surface area contributed by atoms with Gasteiger partial charge in [-0.05, 0) is 42.7 Å². The molecular weight excluding hydrogens is 260 g/mol. The number of hydrogen-bond acceptors (Lipinski definition) is 3. The van der Waals surface area contributed by atoms with Crippen LogP contribution in [0.5, 0.6) is 0 Å². The van der Waals surface area contributed by atoms with Crippen LogP contribution in [-0.4, -0.2) is 10.8 Å². The third-order valence-corrected chi connectivity index (χ3v) is 3.90. The van der Waals surface area contributed by atoms with Crippen molar-refractivity contribution >= 4 is 23.1 Å². The van der Waals surface area contributed by atoms with Crippen molar-refractivity contribution in [2.24, 2.45) is 0 Å². The van der Waals surface area contributed by atoms with Gasteiger partial charge in [0, 0.05) is 11.8 Å². The number of hydrogen-bond donors (Lipinski definition) is 1. The van der Waals surface area contributed by atoms with E-state index in [2.05, 4.69) is 4.98 Å². The van der Waals surface area contributed by atoms with Crippen LogP contribution in [-0.2, 0) is 6.42 Å². The van der Waals surface area contributed by atoms with Crippen molar-refractivity contribution in [1.82, 2.24) is 4.98 Å². The van der Waals surface area contributed by atoms with Gasteiger partial charge in [0.05, 0.1) is 22.3 Å². The predicted molar refractivity (Wildman–Crippen MR) is 75.5 cm³/mol. The number of Topliss-reactive ketones (excluding diaryl/α,β-unsaturated/α-hetero) is 1. The molecular formula is C15H13ClN2O. The molecule has 0 radical (unpaired) electrons. The van der Waals surface area contributed by atoms with Gasteiger partial charge in [-0.15, -0.1) is 0 Å². The van der Waals surface area contributed by atoms with Gasteiger partial charge in [-0.25, -0.2) is 0 Å². The average molecular weight is 273 g/mol. The zero-order chi connectivity index (χ0) is 13.4. The number of carbonyl (C=O) groups excluding carboxylic acids is 1. The number of nitrogens with two attached hydrogens (primary N) is 1. The smallest absolute Gasteiger partial charge is 0.171 e. The summed E-state index contributed by atoms with van der Waals surface area (Å²) in [6.45, 7) is 0. The van der Waals surface area contributed by atoms with E-state index >= 15 is 0 Å². The summed E-state index contributed by atoms with van der Waals surface area (Å²) in [7, 11) is 0. The second-order valence-electron chi connectivity index (χ2n) is 4.74. The van der Waals surface area contributed by atoms with Crippen LogP contribution in [0.4, 0.5) is 5.69 Å². The van der Waals surface area contributed by atoms with Crippen molar-refractivity contribution in [2.75, 3.05) is 5.73 Å². The second kappa shape index (κ2) is 4.67. The lowest BCUT2D eigenvalue weighted by atomic mass is 9.95. The van der Waals surface area contributed by atoms with Crippen LogP contribution < -0.4 is 5.73 Å². The van der Waals surface area contributed by atoms with Crippen LogP contribution in [0.15, 0.2) is 36.5 Å².